The first-order valence-electron chi connectivity index (χ1n) is 6.75. The first-order chi connectivity index (χ1) is 8.52. The number of carbonyl (C=O) groups is 2. The van der Waals surface area contributed by atoms with Gasteiger partial charge >= 0.3 is 5.97 Å². The fourth-order valence-corrected chi connectivity index (χ4v) is 1.71. The maximum absolute atomic E-state index is 11.6. The summed E-state index contributed by atoms with van der Waals surface area (Å²) >= 11 is 0. The highest BCUT2D eigenvalue weighted by Gasteiger charge is 2.24. The number of carbonyl (C=O) groups excluding carboxylic acids is 1. The average Bonchev–Trinajstić information content (AvgIpc) is 2.34. The molecular formula is C13H26N2O3. The van der Waals surface area contributed by atoms with Gasteiger partial charge in [-0.3, -0.25) is 4.79 Å². The Bertz CT molecular complexity index is 257. The molecule has 106 valence electrons. The quantitative estimate of drug-likeness (QED) is 0.518. The maximum atomic E-state index is 11.6. The van der Waals surface area contributed by atoms with Crippen LogP contribution in [0.5, 0.6) is 0 Å². The van der Waals surface area contributed by atoms with Gasteiger partial charge in [0.25, 0.3) is 0 Å². The van der Waals surface area contributed by atoms with E-state index in [4.69, 9.17) is 10.8 Å². The molecule has 4 N–H and O–H groups in total. The van der Waals surface area contributed by atoms with Gasteiger partial charge in [0.15, 0.2) is 0 Å². The van der Waals surface area contributed by atoms with Gasteiger partial charge in [-0.05, 0) is 25.3 Å². The van der Waals surface area contributed by atoms with Gasteiger partial charge in [-0.1, -0.05) is 33.1 Å². The van der Waals surface area contributed by atoms with Crippen LogP contribution in [0.15, 0.2) is 0 Å². The van der Waals surface area contributed by atoms with Gasteiger partial charge in [0.05, 0.1) is 0 Å². The van der Waals surface area contributed by atoms with Crippen LogP contribution in [0.1, 0.15) is 52.4 Å². The van der Waals surface area contributed by atoms with E-state index in [-0.39, 0.29) is 11.8 Å². The van der Waals surface area contributed by atoms with E-state index >= 15 is 0 Å². The van der Waals surface area contributed by atoms with Crippen LogP contribution in [0.2, 0.25) is 0 Å². The second-order valence-corrected chi connectivity index (χ2v) is 4.72. The maximum Gasteiger partial charge on any atom is 0.326 e. The minimum absolute atomic E-state index is 0.0521. The molecule has 0 aliphatic rings. The predicted octanol–water partition coefficient (Wildman–Crippen LogP) is 1.51. The molecule has 0 radical (unpaired) electrons. The van der Waals surface area contributed by atoms with E-state index in [9.17, 15) is 9.59 Å². The van der Waals surface area contributed by atoms with Gasteiger partial charge in [-0.2, -0.15) is 0 Å². The van der Waals surface area contributed by atoms with Crippen molar-refractivity contribution in [3.05, 3.63) is 0 Å². The SMILES string of the molecule is CCC(C)[C@H](NC(=O)CCCCCCN)C(=O)O. The molecule has 0 bridgehead atoms. The number of rotatable bonds is 10. The highest BCUT2D eigenvalue weighted by atomic mass is 16.4. The van der Waals surface area contributed by atoms with Crippen LogP contribution in [-0.2, 0) is 9.59 Å². The molecule has 0 saturated heterocycles. The lowest BCUT2D eigenvalue weighted by Gasteiger charge is -2.20. The Morgan fingerprint density at radius 3 is 2.33 bits per heavy atom. The highest BCUT2D eigenvalue weighted by Crippen LogP contribution is 2.09. The molecule has 1 unspecified atom stereocenters. The molecule has 0 aromatic heterocycles. The summed E-state index contributed by atoms with van der Waals surface area (Å²) in [4.78, 5) is 22.6. The van der Waals surface area contributed by atoms with Crippen LogP contribution in [0, 0.1) is 5.92 Å². The largest absolute Gasteiger partial charge is 0.480 e. The fourth-order valence-electron chi connectivity index (χ4n) is 1.71. The molecule has 5 heteroatoms. The van der Waals surface area contributed by atoms with E-state index in [0.29, 0.717) is 13.0 Å². The normalized spacial score (nSPS) is 13.9. The summed E-state index contributed by atoms with van der Waals surface area (Å²) in [6, 6.07) is -0.772. The summed E-state index contributed by atoms with van der Waals surface area (Å²) in [6.07, 6.45) is 4.88. The van der Waals surface area contributed by atoms with Crippen molar-refractivity contribution < 1.29 is 14.7 Å². The third-order valence-corrected chi connectivity index (χ3v) is 3.15. The molecule has 1 amide bonds. The minimum atomic E-state index is -0.958. The lowest BCUT2D eigenvalue weighted by atomic mass is 9.99. The van der Waals surface area contributed by atoms with Gasteiger partial charge in [0, 0.05) is 6.42 Å². The number of nitrogens with one attached hydrogen (secondary N) is 1. The Balaban J connectivity index is 3.92. The summed E-state index contributed by atoms with van der Waals surface area (Å²) in [5.74, 6) is -1.18. The van der Waals surface area contributed by atoms with Crippen molar-refractivity contribution >= 4 is 11.9 Å². The van der Waals surface area contributed by atoms with E-state index < -0.39 is 12.0 Å². The summed E-state index contributed by atoms with van der Waals surface area (Å²) in [5.41, 5.74) is 5.37. The lowest BCUT2D eigenvalue weighted by Crippen LogP contribution is -2.44. The molecule has 0 fully saturated rings. The zero-order chi connectivity index (χ0) is 14.0. The standard InChI is InChI=1S/C13H26N2O3/c1-3-10(2)12(13(17)18)15-11(16)8-6-4-5-7-9-14/h10,12H,3-9,14H2,1-2H3,(H,15,16)(H,17,18)/t10?,12-/m0/s1. The highest BCUT2D eigenvalue weighted by molar-refractivity contribution is 5.83. The molecule has 0 spiro atoms. The van der Waals surface area contributed by atoms with Crippen LogP contribution in [0.25, 0.3) is 0 Å². The van der Waals surface area contributed by atoms with Crippen molar-refractivity contribution in [2.24, 2.45) is 11.7 Å². The average molecular weight is 258 g/mol. The number of aliphatic carboxylic acids is 1. The van der Waals surface area contributed by atoms with E-state index in [1.807, 2.05) is 13.8 Å². The molecule has 0 heterocycles. The van der Waals surface area contributed by atoms with Crippen LogP contribution in [0.4, 0.5) is 0 Å². The molecule has 2 atom stereocenters. The molecule has 5 nitrogen and oxygen atoms in total. The van der Waals surface area contributed by atoms with Crippen molar-refractivity contribution in [3.8, 4) is 0 Å². The Kier molecular flexibility index (Phi) is 9.28. The molecule has 0 aliphatic heterocycles. The third kappa shape index (κ3) is 7.27. The molecule has 0 aromatic carbocycles. The van der Waals surface area contributed by atoms with Crippen molar-refractivity contribution in [1.82, 2.24) is 5.32 Å². The summed E-state index contributed by atoms with van der Waals surface area (Å²) < 4.78 is 0. The van der Waals surface area contributed by atoms with Crippen molar-refractivity contribution in [2.75, 3.05) is 6.54 Å². The number of unbranched alkanes of at least 4 members (excludes halogenated alkanes) is 3. The molecule has 0 saturated carbocycles. The molecule has 0 aliphatic carbocycles. The van der Waals surface area contributed by atoms with E-state index in [2.05, 4.69) is 5.32 Å². The Morgan fingerprint density at radius 2 is 1.83 bits per heavy atom. The first-order valence-corrected chi connectivity index (χ1v) is 6.75. The van der Waals surface area contributed by atoms with E-state index in [1.54, 1.807) is 0 Å². The van der Waals surface area contributed by atoms with E-state index in [1.165, 1.54) is 0 Å². The number of hydrogen-bond donors (Lipinski definition) is 3. The zero-order valence-electron chi connectivity index (χ0n) is 11.4. The van der Waals surface area contributed by atoms with Crippen LogP contribution >= 0.6 is 0 Å². The zero-order valence-corrected chi connectivity index (χ0v) is 11.4. The van der Waals surface area contributed by atoms with Crippen LogP contribution in [0.3, 0.4) is 0 Å². The second-order valence-electron chi connectivity index (χ2n) is 4.72. The van der Waals surface area contributed by atoms with Crippen molar-refractivity contribution in [1.29, 1.82) is 0 Å². The number of carboxylic acid groups (broad SMARTS) is 1. The Morgan fingerprint density at radius 1 is 1.22 bits per heavy atom. The topological polar surface area (TPSA) is 92.4 Å². The van der Waals surface area contributed by atoms with Crippen molar-refractivity contribution in [2.45, 2.75) is 58.4 Å². The van der Waals surface area contributed by atoms with Gasteiger partial charge in [-0.25, -0.2) is 4.79 Å². The van der Waals surface area contributed by atoms with Crippen LogP contribution < -0.4 is 11.1 Å². The van der Waals surface area contributed by atoms with Gasteiger partial charge < -0.3 is 16.2 Å². The summed E-state index contributed by atoms with van der Waals surface area (Å²) in [6.45, 7) is 4.43. The summed E-state index contributed by atoms with van der Waals surface area (Å²) in [5, 5.41) is 11.6. The molecule has 0 rings (SSSR count). The Labute approximate surface area is 109 Å². The summed E-state index contributed by atoms with van der Waals surface area (Å²) in [7, 11) is 0. The molecule has 18 heavy (non-hydrogen) atoms. The number of carboxylic acids is 1. The Hall–Kier alpha value is -1.10. The number of hydrogen-bond acceptors (Lipinski definition) is 3. The predicted molar refractivity (Wildman–Crippen MR) is 71.2 cm³/mol. The van der Waals surface area contributed by atoms with Gasteiger partial charge in [0.1, 0.15) is 6.04 Å². The van der Waals surface area contributed by atoms with Crippen molar-refractivity contribution in [3.63, 3.8) is 0 Å². The van der Waals surface area contributed by atoms with Gasteiger partial charge in [-0.15, -0.1) is 0 Å². The second kappa shape index (κ2) is 9.88. The van der Waals surface area contributed by atoms with Gasteiger partial charge in [0.2, 0.25) is 5.91 Å². The molecular weight excluding hydrogens is 232 g/mol. The monoisotopic (exact) mass is 258 g/mol. The molecule has 0 aromatic rings. The third-order valence-electron chi connectivity index (χ3n) is 3.15. The van der Waals surface area contributed by atoms with E-state index in [0.717, 1.165) is 32.1 Å². The smallest absolute Gasteiger partial charge is 0.326 e. The fraction of sp³-hybridized carbons (Fsp3) is 0.846. The van der Waals surface area contributed by atoms with Crippen LogP contribution in [-0.4, -0.2) is 29.6 Å². The first kappa shape index (κ1) is 16.9. The number of amides is 1. The lowest BCUT2D eigenvalue weighted by molar-refractivity contribution is -0.143. The number of nitrogens with two attached hydrogens (primary N) is 1. The minimum Gasteiger partial charge on any atom is -0.480 e.